The highest BCUT2D eigenvalue weighted by molar-refractivity contribution is 5.96. The van der Waals surface area contributed by atoms with Crippen LogP contribution in [0.15, 0.2) is 24.3 Å². The van der Waals surface area contributed by atoms with Crippen molar-refractivity contribution in [2.24, 2.45) is 0 Å². The van der Waals surface area contributed by atoms with E-state index in [2.05, 4.69) is 15.3 Å². The van der Waals surface area contributed by atoms with Crippen molar-refractivity contribution in [2.45, 2.75) is 33.8 Å². The molecule has 8 heteroatoms. The summed E-state index contributed by atoms with van der Waals surface area (Å²) >= 11 is 0. The molecule has 3 rings (SSSR count). The zero-order chi connectivity index (χ0) is 22.7. The first kappa shape index (κ1) is 22.1. The van der Waals surface area contributed by atoms with Gasteiger partial charge in [0.15, 0.2) is 23.0 Å². The third kappa shape index (κ3) is 4.63. The molecular weight excluding hydrogens is 398 g/mol. The Kier molecular flexibility index (Phi) is 6.48. The van der Waals surface area contributed by atoms with Gasteiger partial charge in [-0.15, -0.1) is 0 Å². The van der Waals surface area contributed by atoms with E-state index < -0.39 is 5.97 Å². The van der Waals surface area contributed by atoms with Gasteiger partial charge in [0.05, 0.1) is 38.5 Å². The lowest BCUT2D eigenvalue weighted by Crippen LogP contribution is -2.16. The Morgan fingerprint density at radius 2 is 1.42 bits per heavy atom. The van der Waals surface area contributed by atoms with E-state index in [9.17, 15) is 4.79 Å². The van der Waals surface area contributed by atoms with Gasteiger partial charge in [-0.1, -0.05) is 0 Å². The number of nitrogens with one attached hydrogen (secondary N) is 1. The minimum Gasteiger partial charge on any atom is -0.493 e. The number of ether oxygens (including phenoxy) is 4. The van der Waals surface area contributed by atoms with Crippen LogP contribution in [0.5, 0.6) is 17.2 Å². The molecular formula is C23H27N3O5. The lowest BCUT2D eigenvalue weighted by Gasteiger charge is -2.16. The van der Waals surface area contributed by atoms with Crippen molar-refractivity contribution in [3.8, 4) is 17.2 Å². The van der Waals surface area contributed by atoms with Gasteiger partial charge < -0.3 is 24.3 Å². The molecule has 2 aromatic carbocycles. The predicted octanol–water partition coefficient (Wildman–Crippen LogP) is 4.58. The summed E-state index contributed by atoms with van der Waals surface area (Å²) in [5, 5.41) is 3.16. The molecule has 0 fully saturated rings. The molecule has 0 spiro atoms. The van der Waals surface area contributed by atoms with Gasteiger partial charge in [-0.25, -0.2) is 14.8 Å². The van der Waals surface area contributed by atoms with E-state index in [1.807, 2.05) is 26.0 Å². The molecule has 8 nitrogen and oxygen atoms in total. The lowest BCUT2D eigenvalue weighted by atomic mass is 10.1. The number of nitrogens with zero attached hydrogens (tertiary/aromatic N) is 2. The number of rotatable bonds is 7. The average Bonchev–Trinajstić information content (AvgIpc) is 2.73. The molecule has 1 heterocycles. The summed E-state index contributed by atoms with van der Waals surface area (Å²) in [4.78, 5) is 22.0. The van der Waals surface area contributed by atoms with Crippen molar-refractivity contribution in [1.29, 1.82) is 0 Å². The minimum atomic E-state index is -0.558. The van der Waals surface area contributed by atoms with E-state index in [1.165, 1.54) is 21.3 Å². The van der Waals surface area contributed by atoms with Crippen molar-refractivity contribution >= 4 is 28.5 Å². The minimum absolute atomic E-state index is 0.0956. The molecule has 0 radical (unpaired) electrons. The molecule has 1 aromatic heterocycles. The summed E-state index contributed by atoms with van der Waals surface area (Å²) in [6.07, 6.45) is -0.293. The number of aryl methyl sites for hydroxylation is 2. The van der Waals surface area contributed by atoms with Crippen LogP contribution in [0, 0.1) is 13.8 Å². The van der Waals surface area contributed by atoms with Crippen LogP contribution in [0.25, 0.3) is 11.0 Å². The molecule has 0 saturated carbocycles. The number of carbonyl (C=O) groups is 1. The molecule has 0 bridgehead atoms. The molecule has 0 aliphatic rings. The first-order valence-corrected chi connectivity index (χ1v) is 9.84. The van der Waals surface area contributed by atoms with Crippen LogP contribution in [0.2, 0.25) is 0 Å². The fourth-order valence-electron chi connectivity index (χ4n) is 3.10. The van der Waals surface area contributed by atoms with Gasteiger partial charge in [0.25, 0.3) is 0 Å². The summed E-state index contributed by atoms with van der Waals surface area (Å²) in [6, 6.07) is 7.30. The van der Waals surface area contributed by atoms with E-state index >= 15 is 0 Å². The second-order valence-corrected chi connectivity index (χ2v) is 7.34. The van der Waals surface area contributed by atoms with Crippen LogP contribution in [-0.4, -0.2) is 43.4 Å². The van der Waals surface area contributed by atoms with Gasteiger partial charge in [-0.3, -0.25) is 0 Å². The Labute approximate surface area is 181 Å². The fourth-order valence-corrected chi connectivity index (χ4v) is 3.10. The normalized spacial score (nSPS) is 10.8. The number of methoxy groups -OCH3 is 3. The molecule has 1 N–H and O–H groups in total. The summed E-state index contributed by atoms with van der Waals surface area (Å²) in [7, 11) is 4.60. The fraction of sp³-hybridized carbons (Fsp3) is 0.348. The smallest absolute Gasteiger partial charge is 0.361 e. The Morgan fingerprint density at radius 1 is 0.871 bits per heavy atom. The maximum atomic E-state index is 12.8. The van der Waals surface area contributed by atoms with E-state index in [-0.39, 0.29) is 17.6 Å². The first-order chi connectivity index (χ1) is 14.8. The van der Waals surface area contributed by atoms with Crippen LogP contribution in [-0.2, 0) is 4.74 Å². The molecule has 0 saturated heterocycles. The van der Waals surface area contributed by atoms with Crippen molar-refractivity contribution < 1.29 is 23.7 Å². The Morgan fingerprint density at radius 3 is 1.90 bits per heavy atom. The van der Waals surface area contributed by atoms with Crippen molar-refractivity contribution in [3.05, 3.63) is 41.1 Å². The summed E-state index contributed by atoms with van der Waals surface area (Å²) in [6.45, 7) is 7.56. The van der Waals surface area contributed by atoms with E-state index in [1.54, 1.807) is 26.0 Å². The zero-order valence-corrected chi connectivity index (χ0v) is 18.8. The predicted molar refractivity (Wildman–Crippen MR) is 119 cm³/mol. The number of fused-ring (bicyclic) bond motifs is 1. The highest BCUT2D eigenvalue weighted by Gasteiger charge is 2.21. The van der Waals surface area contributed by atoms with Gasteiger partial charge in [-0.05, 0) is 51.0 Å². The Balaban J connectivity index is 2.15. The van der Waals surface area contributed by atoms with Crippen molar-refractivity contribution in [3.63, 3.8) is 0 Å². The van der Waals surface area contributed by atoms with Gasteiger partial charge >= 0.3 is 5.97 Å². The standard InChI is InChI=1S/C23H27N3O5/c1-12(2)31-23(27)20-22(26-17-9-14(4)13(3)8-16(17)25-20)24-15-10-18(28-5)21(30-7)19(11-15)29-6/h8-12H,1-7H3,(H,24,26). The third-order valence-corrected chi connectivity index (χ3v) is 4.74. The maximum Gasteiger partial charge on any atom is 0.361 e. The monoisotopic (exact) mass is 425 g/mol. The van der Waals surface area contributed by atoms with Crippen LogP contribution in [0.4, 0.5) is 11.5 Å². The third-order valence-electron chi connectivity index (χ3n) is 4.74. The summed E-state index contributed by atoms with van der Waals surface area (Å²) in [5.74, 6) is 1.12. The van der Waals surface area contributed by atoms with Crippen LogP contribution >= 0.6 is 0 Å². The molecule has 31 heavy (non-hydrogen) atoms. The summed E-state index contributed by atoms with van der Waals surface area (Å²) < 4.78 is 21.6. The molecule has 0 amide bonds. The molecule has 0 atom stereocenters. The molecule has 0 aliphatic carbocycles. The first-order valence-electron chi connectivity index (χ1n) is 9.84. The Hall–Kier alpha value is -3.55. The quantitative estimate of drug-likeness (QED) is 0.550. The van der Waals surface area contributed by atoms with Gasteiger partial charge in [0.2, 0.25) is 5.75 Å². The SMILES string of the molecule is COc1cc(Nc2nc3cc(C)c(C)cc3nc2C(=O)OC(C)C)cc(OC)c1OC. The van der Waals surface area contributed by atoms with E-state index in [4.69, 9.17) is 18.9 Å². The Bertz CT molecular complexity index is 1100. The van der Waals surface area contributed by atoms with Crippen LogP contribution < -0.4 is 19.5 Å². The number of carbonyl (C=O) groups excluding carboxylic acids is 1. The van der Waals surface area contributed by atoms with Crippen molar-refractivity contribution in [1.82, 2.24) is 9.97 Å². The van der Waals surface area contributed by atoms with Gasteiger partial charge in [0, 0.05) is 17.8 Å². The molecule has 0 aliphatic heterocycles. The van der Waals surface area contributed by atoms with Crippen LogP contribution in [0.3, 0.4) is 0 Å². The lowest BCUT2D eigenvalue weighted by molar-refractivity contribution is 0.0372. The number of hydrogen-bond donors (Lipinski definition) is 1. The van der Waals surface area contributed by atoms with E-state index in [0.717, 1.165) is 11.1 Å². The topological polar surface area (TPSA) is 91.8 Å². The van der Waals surface area contributed by atoms with Gasteiger partial charge in [-0.2, -0.15) is 0 Å². The largest absolute Gasteiger partial charge is 0.493 e. The van der Waals surface area contributed by atoms with Crippen molar-refractivity contribution in [2.75, 3.05) is 26.6 Å². The molecule has 3 aromatic rings. The van der Waals surface area contributed by atoms with Crippen LogP contribution in [0.1, 0.15) is 35.5 Å². The number of aromatic nitrogens is 2. The number of hydrogen-bond acceptors (Lipinski definition) is 8. The second-order valence-electron chi connectivity index (χ2n) is 7.34. The highest BCUT2D eigenvalue weighted by Crippen LogP contribution is 2.40. The summed E-state index contributed by atoms with van der Waals surface area (Å²) in [5.41, 5.74) is 4.12. The van der Waals surface area contributed by atoms with E-state index in [0.29, 0.717) is 34.0 Å². The number of anilines is 2. The number of benzene rings is 2. The molecule has 164 valence electrons. The number of esters is 1. The molecule has 0 unspecified atom stereocenters. The zero-order valence-electron chi connectivity index (χ0n) is 18.8. The highest BCUT2D eigenvalue weighted by atomic mass is 16.5. The van der Waals surface area contributed by atoms with Gasteiger partial charge in [0.1, 0.15) is 0 Å². The maximum absolute atomic E-state index is 12.8. The average molecular weight is 425 g/mol. The second kappa shape index (κ2) is 9.07.